The third-order valence-electron chi connectivity index (χ3n) is 2.61. The van der Waals surface area contributed by atoms with Gasteiger partial charge in [-0.25, -0.2) is 0 Å². The first-order valence-electron chi connectivity index (χ1n) is 5.57. The Morgan fingerprint density at radius 3 is 2.71 bits per heavy atom. The van der Waals surface area contributed by atoms with E-state index in [1.54, 1.807) is 0 Å². The molecule has 0 atom stereocenters. The molecule has 0 heterocycles. The molecular weight excluding hydrogens is 174 g/mol. The van der Waals surface area contributed by atoms with E-state index in [0.717, 1.165) is 18.4 Å². The van der Waals surface area contributed by atoms with Gasteiger partial charge >= 0.3 is 0 Å². The van der Waals surface area contributed by atoms with Gasteiger partial charge in [0, 0.05) is 0 Å². The monoisotopic (exact) mass is 195 g/mol. The highest BCUT2D eigenvalue weighted by Gasteiger charge is 2.11. The third kappa shape index (κ3) is 4.05. The minimum atomic E-state index is 0.317. The third-order valence-corrected chi connectivity index (χ3v) is 2.61. The van der Waals surface area contributed by atoms with Crippen molar-refractivity contribution in [2.75, 3.05) is 20.6 Å². The second-order valence-electron chi connectivity index (χ2n) is 4.34. The maximum Gasteiger partial charge on any atom is 0.172 e. The molecule has 0 aromatic carbocycles. The average Bonchev–Trinajstić information content (AvgIpc) is 2.00. The number of nitrogens with zero attached hydrogens (tertiary/aromatic N) is 1. The van der Waals surface area contributed by atoms with Gasteiger partial charge in [0.05, 0.1) is 6.54 Å². The summed E-state index contributed by atoms with van der Waals surface area (Å²) in [5.41, 5.74) is 1.07. The van der Waals surface area contributed by atoms with Crippen LogP contribution in [0.2, 0.25) is 0 Å². The second kappa shape index (κ2) is 5.97. The Morgan fingerprint density at radius 1 is 1.29 bits per heavy atom. The maximum absolute atomic E-state index is 11.8. The van der Waals surface area contributed by atoms with Gasteiger partial charge in [0.2, 0.25) is 0 Å². The van der Waals surface area contributed by atoms with E-state index in [0.29, 0.717) is 12.3 Å². The van der Waals surface area contributed by atoms with Crippen molar-refractivity contribution in [3.8, 4) is 0 Å². The molecule has 2 nitrogen and oxygen atoms in total. The van der Waals surface area contributed by atoms with Gasteiger partial charge in [0.15, 0.2) is 5.78 Å². The fourth-order valence-electron chi connectivity index (χ4n) is 1.83. The van der Waals surface area contributed by atoms with Crippen LogP contribution in [0.25, 0.3) is 0 Å². The van der Waals surface area contributed by atoms with E-state index in [2.05, 4.69) is 6.08 Å². The van der Waals surface area contributed by atoms with Crippen LogP contribution in [0, 0.1) is 0 Å². The van der Waals surface area contributed by atoms with Crippen LogP contribution < -0.4 is 0 Å². The highest BCUT2D eigenvalue weighted by Crippen LogP contribution is 2.17. The molecular formula is C12H21NO. The number of hydrogen-bond donors (Lipinski definition) is 0. The lowest BCUT2D eigenvalue weighted by Gasteiger charge is -2.13. The van der Waals surface area contributed by atoms with Crippen LogP contribution in [-0.4, -0.2) is 31.3 Å². The lowest BCUT2D eigenvalue weighted by atomic mass is 9.97. The molecule has 0 N–H and O–H groups in total. The standard InChI is InChI=1S/C12H21NO/c1-13(2)10-12(14)11-8-6-4-3-5-7-9-11/h8H,3-7,9-10H2,1-2H3. The summed E-state index contributed by atoms with van der Waals surface area (Å²) in [4.78, 5) is 13.7. The van der Waals surface area contributed by atoms with E-state index in [1.165, 1.54) is 25.7 Å². The summed E-state index contributed by atoms with van der Waals surface area (Å²) < 4.78 is 0. The summed E-state index contributed by atoms with van der Waals surface area (Å²) in [6.07, 6.45) is 9.29. The zero-order chi connectivity index (χ0) is 10.4. The SMILES string of the molecule is CN(C)CC(=O)C1=CCCCCCC1. The summed E-state index contributed by atoms with van der Waals surface area (Å²) in [7, 11) is 3.89. The van der Waals surface area contributed by atoms with Gasteiger partial charge in [-0.1, -0.05) is 18.9 Å². The van der Waals surface area contributed by atoms with E-state index in [1.807, 2.05) is 19.0 Å². The molecule has 0 aromatic rings. The molecule has 2 heteroatoms. The van der Waals surface area contributed by atoms with Crippen molar-refractivity contribution < 1.29 is 4.79 Å². The molecule has 0 unspecified atom stereocenters. The Bertz CT molecular complexity index is 218. The van der Waals surface area contributed by atoms with Crippen molar-refractivity contribution in [2.24, 2.45) is 0 Å². The fourth-order valence-corrected chi connectivity index (χ4v) is 1.83. The van der Waals surface area contributed by atoms with E-state index in [9.17, 15) is 4.79 Å². The van der Waals surface area contributed by atoms with Crippen LogP contribution in [-0.2, 0) is 4.79 Å². The Hall–Kier alpha value is -0.630. The van der Waals surface area contributed by atoms with Gasteiger partial charge in [-0.3, -0.25) is 4.79 Å². The molecule has 1 rings (SSSR count). The number of Topliss-reactive ketones (excluding diaryl/α,β-unsaturated/α-hetero) is 1. The molecule has 14 heavy (non-hydrogen) atoms. The highest BCUT2D eigenvalue weighted by molar-refractivity contribution is 5.96. The lowest BCUT2D eigenvalue weighted by Crippen LogP contribution is -2.23. The molecule has 0 radical (unpaired) electrons. The summed E-state index contributed by atoms with van der Waals surface area (Å²) in [6, 6.07) is 0. The minimum absolute atomic E-state index is 0.317. The Morgan fingerprint density at radius 2 is 2.00 bits per heavy atom. The van der Waals surface area contributed by atoms with Crippen molar-refractivity contribution in [1.82, 2.24) is 4.90 Å². The quantitative estimate of drug-likeness (QED) is 0.689. The van der Waals surface area contributed by atoms with Crippen molar-refractivity contribution >= 4 is 5.78 Å². The van der Waals surface area contributed by atoms with E-state index < -0.39 is 0 Å². The molecule has 1 aliphatic rings. The van der Waals surface area contributed by atoms with Crippen molar-refractivity contribution in [1.29, 1.82) is 0 Å². The molecule has 0 aromatic heterocycles. The van der Waals surface area contributed by atoms with Crippen LogP contribution >= 0.6 is 0 Å². The molecule has 0 spiro atoms. The number of hydrogen-bond acceptors (Lipinski definition) is 2. The molecule has 0 fully saturated rings. The van der Waals surface area contributed by atoms with Gasteiger partial charge in [-0.15, -0.1) is 0 Å². The van der Waals surface area contributed by atoms with Gasteiger partial charge in [0.1, 0.15) is 0 Å². The van der Waals surface area contributed by atoms with Crippen LogP contribution in [0.1, 0.15) is 38.5 Å². The summed E-state index contributed by atoms with van der Waals surface area (Å²) in [5, 5.41) is 0. The Balaban J connectivity index is 2.50. The maximum atomic E-state index is 11.8. The van der Waals surface area contributed by atoms with Crippen LogP contribution in [0.15, 0.2) is 11.6 Å². The van der Waals surface area contributed by atoms with Crippen LogP contribution in [0.3, 0.4) is 0 Å². The summed E-state index contributed by atoms with van der Waals surface area (Å²) in [6.45, 7) is 0.561. The van der Waals surface area contributed by atoms with Gasteiger partial charge in [0.25, 0.3) is 0 Å². The zero-order valence-electron chi connectivity index (χ0n) is 9.38. The van der Waals surface area contributed by atoms with E-state index >= 15 is 0 Å². The number of carbonyl (C=O) groups excluding carboxylic acids is 1. The van der Waals surface area contributed by atoms with Crippen molar-refractivity contribution in [3.05, 3.63) is 11.6 Å². The Kier molecular flexibility index (Phi) is 4.88. The number of likely N-dealkylation sites (N-methyl/N-ethyl adjacent to an activating group) is 1. The first-order chi connectivity index (χ1) is 6.70. The first-order valence-corrected chi connectivity index (χ1v) is 5.57. The zero-order valence-corrected chi connectivity index (χ0v) is 9.38. The normalized spacial score (nSPS) is 18.6. The number of ketones is 1. The molecule has 0 saturated heterocycles. The Labute approximate surface area is 87.0 Å². The molecule has 0 saturated carbocycles. The van der Waals surface area contributed by atoms with Crippen LogP contribution in [0.4, 0.5) is 0 Å². The first kappa shape index (κ1) is 11.4. The number of carbonyl (C=O) groups is 1. The minimum Gasteiger partial charge on any atom is -0.302 e. The van der Waals surface area contributed by atoms with Gasteiger partial charge in [-0.2, -0.15) is 0 Å². The predicted molar refractivity (Wildman–Crippen MR) is 59.3 cm³/mol. The topological polar surface area (TPSA) is 20.3 Å². The van der Waals surface area contributed by atoms with Gasteiger partial charge < -0.3 is 4.90 Å². The molecule has 80 valence electrons. The van der Waals surface area contributed by atoms with Gasteiger partial charge in [-0.05, 0) is 45.4 Å². The second-order valence-corrected chi connectivity index (χ2v) is 4.34. The molecule has 1 aliphatic carbocycles. The van der Waals surface area contributed by atoms with E-state index in [-0.39, 0.29) is 0 Å². The largest absolute Gasteiger partial charge is 0.302 e. The number of rotatable bonds is 3. The highest BCUT2D eigenvalue weighted by atomic mass is 16.1. The lowest BCUT2D eigenvalue weighted by molar-refractivity contribution is -0.116. The number of allylic oxidation sites excluding steroid dienone is 1. The molecule has 0 bridgehead atoms. The summed E-state index contributed by atoms with van der Waals surface area (Å²) in [5.74, 6) is 0.317. The smallest absolute Gasteiger partial charge is 0.172 e. The fraction of sp³-hybridized carbons (Fsp3) is 0.750. The summed E-state index contributed by atoms with van der Waals surface area (Å²) >= 11 is 0. The van der Waals surface area contributed by atoms with E-state index in [4.69, 9.17) is 0 Å². The van der Waals surface area contributed by atoms with Crippen molar-refractivity contribution in [2.45, 2.75) is 38.5 Å². The predicted octanol–water partition coefficient (Wildman–Crippen LogP) is 2.40. The van der Waals surface area contributed by atoms with Crippen molar-refractivity contribution in [3.63, 3.8) is 0 Å². The van der Waals surface area contributed by atoms with Crippen LogP contribution in [0.5, 0.6) is 0 Å². The average molecular weight is 195 g/mol. The molecule has 0 aliphatic heterocycles. The molecule has 0 amide bonds.